The van der Waals surface area contributed by atoms with Gasteiger partial charge >= 0.3 is 0 Å². The van der Waals surface area contributed by atoms with Crippen LogP contribution in [0.4, 0.5) is 0 Å². The number of aliphatic hydroxyl groups is 1. The Morgan fingerprint density at radius 1 is 0.757 bits per heavy atom. The number of benzene rings is 1. The minimum Gasteiger partial charge on any atom is -0.394 e. The number of hydrogen-bond acceptors (Lipinski definition) is 7. The van der Waals surface area contributed by atoms with Crippen LogP contribution < -0.4 is 0 Å². The Kier molecular flexibility index (Phi) is 15.7. The first-order valence-corrected chi connectivity index (χ1v) is 15.4. The Labute approximate surface area is 236 Å². The van der Waals surface area contributed by atoms with E-state index in [0.29, 0.717) is 36.2 Å². The standard InChI is InChI=1S/C17H24O3S.C11H22O2S.2CH4/c1-4-21-17-12(3)11(2)15-14(19-17)10-18-16(20-15)13-8-6-5-7-9-13;1-5-14-11-9(4)7(2)8(3)10(6-12)13-11;;/h5-9,11-12,14-17H,4,10H2,1-3H3;7-12H,5-6H2,1-4H3;2*1H4/t11-,12?,14?,15+,16?,17-;7-,8-,9?,10?,11+;;/m10../s1. The Morgan fingerprint density at radius 2 is 1.32 bits per heavy atom. The van der Waals surface area contributed by atoms with Gasteiger partial charge in [-0.3, -0.25) is 0 Å². The summed E-state index contributed by atoms with van der Waals surface area (Å²) in [4.78, 5) is 0. The lowest BCUT2D eigenvalue weighted by Gasteiger charge is -2.48. The molecule has 3 aliphatic rings. The fourth-order valence-corrected chi connectivity index (χ4v) is 7.36. The Hall–Kier alpha value is -0.280. The van der Waals surface area contributed by atoms with Gasteiger partial charge in [0.2, 0.25) is 0 Å². The number of ether oxygens (including phenoxy) is 4. The second-order valence-corrected chi connectivity index (χ2v) is 12.9. The summed E-state index contributed by atoms with van der Waals surface area (Å²) in [6, 6.07) is 10.2. The molecule has 37 heavy (non-hydrogen) atoms. The highest BCUT2D eigenvalue weighted by Crippen LogP contribution is 2.42. The molecule has 1 aromatic carbocycles. The molecule has 7 heteroatoms. The van der Waals surface area contributed by atoms with Crippen molar-refractivity contribution in [2.45, 2.75) is 98.8 Å². The smallest absolute Gasteiger partial charge is 0.184 e. The molecule has 0 saturated carbocycles. The molecule has 3 aliphatic heterocycles. The van der Waals surface area contributed by atoms with E-state index in [4.69, 9.17) is 18.9 Å². The quantitative estimate of drug-likeness (QED) is 0.388. The Balaban J connectivity index is 0.000000379. The van der Waals surface area contributed by atoms with Crippen LogP contribution in [0.5, 0.6) is 0 Å². The molecule has 11 atom stereocenters. The van der Waals surface area contributed by atoms with Gasteiger partial charge in [-0.25, -0.2) is 0 Å². The summed E-state index contributed by atoms with van der Waals surface area (Å²) in [6.45, 7) is 16.3. The number of aliphatic hydroxyl groups excluding tert-OH is 1. The van der Waals surface area contributed by atoms with Crippen LogP contribution in [0.2, 0.25) is 0 Å². The van der Waals surface area contributed by atoms with Gasteiger partial charge in [-0.1, -0.05) is 93.7 Å². The first kappa shape index (κ1) is 34.7. The largest absolute Gasteiger partial charge is 0.394 e. The van der Waals surface area contributed by atoms with Crippen LogP contribution in [0, 0.1) is 29.6 Å². The van der Waals surface area contributed by atoms with Crippen molar-refractivity contribution in [3.05, 3.63) is 35.9 Å². The third kappa shape index (κ3) is 8.60. The van der Waals surface area contributed by atoms with Crippen molar-refractivity contribution < 1.29 is 24.1 Å². The minimum absolute atomic E-state index is 0. The lowest BCUT2D eigenvalue weighted by Crippen LogP contribution is -2.54. The average molecular weight is 559 g/mol. The molecule has 5 unspecified atom stereocenters. The van der Waals surface area contributed by atoms with E-state index in [2.05, 4.69) is 60.6 Å². The normalized spacial score (nSPS) is 39.2. The van der Waals surface area contributed by atoms with Gasteiger partial charge in [0.25, 0.3) is 0 Å². The van der Waals surface area contributed by atoms with E-state index < -0.39 is 0 Å². The van der Waals surface area contributed by atoms with Crippen LogP contribution in [0.25, 0.3) is 0 Å². The monoisotopic (exact) mass is 558 g/mol. The third-order valence-corrected chi connectivity index (χ3v) is 10.4. The Bertz CT molecular complexity index is 732. The summed E-state index contributed by atoms with van der Waals surface area (Å²) in [5.41, 5.74) is 1.61. The molecule has 1 N–H and O–H groups in total. The van der Waals surface area contributed by atoms with E-state index in [1.165, 1.54) is 0 Å². The summed E-state index contributed by atoms with van der Waals surface area (Å²) in [7, 11) is 0. The molecule has 0 aliphatic carbocycles. The summed E-state index contributed by atoms with van der Waals surface area (Å²) < 4.78 is 24.2. The molecule has 4 rings (SSSR count). The second kappa shape index (κ2) is 16.7. The van der Waals surface area contributed by atoms with Crippen molar-refractivity contribution in [2.24, 2.45) is 29.6 Å². The van der Waals surface area contributed by atoms with Gasteiger partial charge < -0.3 is 24.1 Å². The molecule has 0 spiro atoms. The molecular weight excluding hydrogens is 504 g/mol. The molecule has 3 heterocycles. The topological polar surface area (TPSA) is 57.2 Å². The SMILES string of the molecule is C.C.CCS[C@H]1OC(CO)[C@@H](C)[C@H](C)C1C.CCS[C@H]1OC2COC(c3ccccc3)O[C@H]2[C@H](C)C1C. The van der Waals surface area contributed by atoms with Crippen LogP contribution >= 0.6 is 23.5 Å². The predicted octanol–water partition coefficient (Wildman–Crippen LogP) is 7.49. The van der Waals surface area contributed by atoms with E-state index in [0.717, 1.165) is 17.1 Å². The van der Waals surface area contributed by atoms with Crippen LogP contribution in [-0.2, 0) is 18.9 Å². The van der Waals surface area contributed by atoms with Gasteiger partial charge in [0, 0.05) is 5.56 Å². The first-order chi connectivity index (χ1) is 16.8. The van der Waals surface area contributed by atoms with Crippen LogP contribution in [-0.4, -0.2) is 59.0 Å². The van der Waals surface area contributed by atoms with Gasteiger partial charge in [0.15, 0.2) is 6.29 Å². The maximum absolute atomic E-state index is 9.22. The average Bonchev–Trinajstić information content (AvgIpc) is 2.88. The van der Waals surface area contributed by atoms with Gasteiger partial charge in [0.1, 0.15) is 17.0 Å². The maximum atomic E-state index is 9.22. The van der Waals surface area contributed by atoms with Gasteiger partial charge in [-0.2, -0.15) is 0 Å². The zero-order chi connectivity index (χ0) is 25.5. The summed E-state index contributed by atoms with van der Waals surface area (Å²) >= 11 is 3.74. The van der Waals surface area contributed by atoms with Crippen molar-refractivity contribution in [1.29, 1.82) is 0 Å². The van der Waals surface area contributed by atoms with Crippen molar-refractivity contribution in [3.8, 4) is 0 Å². The third-order valence-electron chi connectivity index (χ3n) is 8.04. The molecule has 0 aromatic heterocycles. The molecule has 216 valence electrons. The number of rotatable bonds is 6. The first-order valence-electron chi connectivity index (χ1n) is 13.3. The second-order valence-electron chi connectivity index (χ2n) is 10.2. The lowest BCUT2D eigenvalue weighted by molar-refractivity contribution is -0.300. The molecule has 0 radical (unpaired) electrons. The van der Waals surface area contributed by atoms with E-state index >= 15 is 0 Å². The van der Waals surface area contributed by atoms with Crippen molar-refractivity contribution in [1.82, 2.24) is 0 Å². The number of thioether (sulfide) groups is 2. The fraction of sp³-hybridized carbons (Fsp3) is 0.800. The maximum Gasteiger partial charge on any atom is 0.184 e. The lowest BCUT2D eigenvalue weighted by atomic mass is 9.80. The summed E-state index contributed by atoms with van der Waals surface area (Å²) in [5.74, 6) is 4.79. The summed E-state index contributed by atoms with van der Waals surface area (Å²) in [5, 5.41) is 9.22. The van der Waals surface area contributed by atoms with Crippen LogP contribution in [0.3, 0.4) is 0 Å². The van der Waals surface area contributed by atoms with Crippen molar-refractivity contribution >= 4 is 23.5 Å². The highest BCUT2D eigenvalue weighted by molar-refractivity contribution is 7.99. The van der Waals surface area contributed by atoms with Crippen LogP contribution in [0.15, 0.2) is 30.3 Å². The molecule has 5 nitrogen and oxygen atoms in total. The van der Waals surface area contributed by atoms with E-state index in [1.54, 1.807) is 0 Å². The van der Waals surface area contributed by atoms with Crippen LogP contribution in [0.1, 0.15) is 75.2 Å². The number of hydrogen-bond donors (Lipinski definition) is 1. The number of fused-ring (bicyclic) bond motifs is 1. The van der Waals surface area contributed by atoms with Gasteiger partial charge in [-0.15, -0.1) is 23.5 Å². The zero-order valence-electron chi connectivity index (χ0n) is 22.5. The predicted molar refractivity (Wildman–Crippen MR) is 160 cm³/mol. The van der Waals surface area contributed by atoms with E-state index in [9.17, 15) is 5.11 Å². The van der Waals surface area contributed by atoms with E-state index in [-0.39, 0.29) is 56.9 Å². The highest BCUT2D eigenvalue weighted by Gasteiger charge is 2.46. The van der Waals surface area contributed by atoms with Gasteiger partial charge in [-0.05, 0) is 41.1 Å². The molecule has 0 amide bonds. The Morgan fingerprint density at radius 3 is 1.89 bits per heavy atom. The fourth-order valence-electron chi connectivity index (χ4n) is 5.16. The van der Waals surface area contributed by atoms with E-state index in [1.807, 2.05) is 41.7 Å². The highest BCUT2D eigenvalue weighted by atomic mass is 32.2. The molecule has 3 saturated heterocycles. The molecular formula is C30H54O5S2. The molecule has 1 aromatic rings. The zero-order valence-corrected chi connectivity index (χ0v) is 24.1. The van der Waals surface area contributed by atoms with Gasteiger partial charge in [0.05, 0.1) is 25.4 Å². The van der Waals surface area contributed by atoms with Crippen molar-refractivity contribution in [3.63, 3.8) is 0 Å². The molecule has 3 fully saturated rings. The summed E-state index contributed by atoms with van der Waals surface area (Å²) in [6.07, 6.45) is -0.0563. The molecule has 0 bridgehead atoms. The minimum atomic E-state index is -0.263. The van der Waals surface area contributed by atoms with Crippen molar-refractivity contribution in [2.75, 3.05) is 24.7 Å².